The summed E-state index contributed by atoms with van der Waals surface area (Å²) < 4.78 is 37.5. The molecule has 0 saturated carbocycles. The second-order valence-corrected chi connectivity index (χ2v) is 3.06. The number of rotatable bonds is 1. The molecule has 1 aromatic rings. The smallest absolute Gasteiger partial charge is 0.742 e. The number of benzene rings is 1. The van der Waals surface area contributed by atoms with Crippen LogP contribution >= 0.6 is 0 Å². The summed E-state index contributed by atoms with van der Waals surface area (Å²) in [4.78, 5) is 3.49. The van der Waals surface area contributed by atoms with E-state index in [0.29, 0.717) is 0 Å². The van der Waals surface area contributed by atoms with Crippen LogP contribution in [0.4, 0.5) is 18.9 Å². The number of hydrogen-bond acceptors (Lipinski definition) is 3. The first kappa shape index (κ1) is 16.2. The van der Waals surface area contributed by atoms with Crippen molar-refractivity contribution in [1.29, 1.82) is 5.26 Å². The molecule has 1 aromatic carbocycles. The molecule has 84 valence electrons. The second kappa shape index (κ2) is 6.81. The molecule has 0 aliphatic heterocycles. The maximum atomic E-state index is 12.5. The van der Waals surface area contributed by atoms with Gasteiger partial charge in [0.15, 0.2) is 6.19 Å². The van der Waals surface area contributed by atoms with E-state index >= 15 is 0 Å². The summed E-state index contributed by atoms with van der Waals surface area (Å²) in [6.07, 6.45) is -3.02. The van der Waals surface area contributed by atoms with E-state index in [1.165, 1.54) is 24.4 Å². The van der Waals surface area contributed by atoms with Crippen molar-refractivity contribution in [2.45, 2.75) is 6.18 Å². The number of nitrogens with zero attached hydrogens (tertiary/aromatic N) is 2. The number of nitriles is 1. The third-order valence-corrected chi connectivity index (χ3v) is 1.79. The van der Waals surface area contributed by atoms with Gasteiger partial charge >= 0.3 is 35.7 Å². The number of aliphatic imine (C=N–C) groups is 1. The van der Waals surface area contributed by atoms with Gasteiger partial charge in [-0.15, -0.1) is 0 Å². The molecule has 0 atom stereocenters. The van der Waals surface area contributed by atoms with E-state index in [1.807, 2.05) is 5.32 Å². The number of hydrogen-bond donors (Lipinski definition) is 1. The summed E-state index contributed by atoms with van der Waals surface area (Å²) in [5.74, 6) is 0. The first-order valence-corrected chi connectivity index (χ1v) is 4.43. The molecule has 0 radical (unpaired) electrons. The minimum absolute atomic E-state index is 0. The fraction of sp³-hybridized carbons (Fsp3) is 0.111. The summed E-state index contributed by atoms with van der Waals surface area (Å²) in [5.41, 5.74) is -1.21. The van der Waals surface area contributed by atoms with Crippen molar-refractivity contribution < 1.29 is 42.7 Å². The zero-order valence-electron chi connectivity index (χ0n) is 8.75. The van der Waals surface area contributed by atoms with E-state index in [-0.39, 0.29) is 40.4 Å². The standard InChI is InChI=1S/C9H6F3N3S.Na/c10-9(11,12)6-3-1-2-4-7(6)15-8(16)14-5-13;/h1-4H,(H2,14,15,16);/q;+1/p-1. The van der Waals surface area contributed by atoms with E-state index in [1.54, 1.807) is 0 Å². The van der Waals surface area contributed by atoms with Gasteiger partial charge in [-0.3, -0.25) is 4.99 Å². The molecule has 17 heavy (non-hydrogen) atoms. The molecule has 1 N–H and O–H groups in total. The number of amidine groups is 1. The molecule has 0 fully saturated rings. The Morgan fingerprint density at radius 1 is 1.35 bits per heavy atom. The maximum absolute atomic E-state index is 12.5. The Morgan fingerprint density at radius 2 is 1.94 bits per heavy atom. The van der Waals surface area contributed by atoms with Crippen molar-refractivity contribution in [3.05, 3.63) is 29.8 Å². The Labute approximate surface area is 123 Å². The van der Waals surface area contributed by atoms with Crippen molar-refractivity contribution in [2.75, 3.05) is 0 Å². The molecular weight excluding hydrogens is 262 g/mol. The summed E-state index contributed by atoms with van der Waals surface area (Å²) in [6.45, 7) is 0. The summed E-state index contributed by atoms with van der Waals surface area (Å²) in [6, 6.07) is 4.73. The molecule has 0 amide bonds. The fourth-order valence-corrected chi connectivity index (χ4v) is 1.14. The number of alkyl halides is 3. The van der Waals surface area contributed by atoms with Gasteiger partial charge in [-0.25, -0.2) is 0 Å². The van der Waals surface area contributed by atoms with Crippen molar-refractivity contribution in [1.82, 2.24) is 5.32 Å². The van der Waals surface area contributed by atoms with E-state index in [0.717, 1.165) is 6.07 Å². The predicted molar refractivity (Wildman–Crippen MR) is 54.7 cm³/mol. The summed E-state index contributed by atoms with van der Waals surface area (Å²) in [5, 5.41) is 9.88. The van der Waals surface area contributed by atoms with Gasteiger partial charge < -0.3 is 17.9 Å². The molecule has 8 heteroatoms. The normalized spacial score (nSPS) is 11.3. The number of para-hydroxylation sites is 1. The molecule has 0 heterocycles. The van der Waals surface area contributed by atoms with Crippen molar-refractivity contribution in [2.24, 2.45) is 4.99 Å². The first-order chi connectivity index (χ1) is 7.45. The van der Waals surface area contributed by atoms with Gasteiger partial charge in [0.1, 0.15) is 0 Å². The van der Waals surface area contributed by atoms with Crippen LogP contribution in [0.25, 0.3) is 0 Å². The van der Waals surface area contributed by atoms with Crippen molar-refractivity contribution in [3.8, 4) is 6.19 Å². The molecule has 0 aromatic heterocycles. The Hall–Kier alpha value is -0.810. The molecule has 1 rings (SSSR count). The van der Waals surface area contributed by atoms with Crippen LogP contribution in [0, 0.1) is 11.5 Å². The van der Waals surface area contributed by atoms with Crippen LogP contribution in [0.1, 0.15) is 5.56 Å². The quantitative estimate of drug-likeness (QED) is 0.183. The van der Waals surface area contributed by atoms with Crippen LogP contribution < -0.4 is 34.9 Å². The third kappa shape index (κ3) is 4.91. The van der Waals surface area contributed by atoms with Gasteiger partial charge in [-0.2, -0.15) is 18.4 Å². The SMILES string of the molecule is N#CNC([S-])=Nc1ccccc1C(F)(F)F.[Na+]. The second-order valence-electron chi connectivity index (χ2n) is 2.67. The van der Waals surface area contributed by atoms with Gasteiger partial charge in [0.25, 0.3) is 0 Å². The Balaban J connectivity index is 0.00000256. The average molecular weight is 267 g/mol. The first-order valence-electron chi connectivity index (χ1n) is 4.02. The van der Waals surface area contributed by atoms with Crippen LogP contribution in [0.3, 0.4) is 0 Å². The van der Waals surface area contributed by atoms with Gasteiger partial charge in [-0.1, -0.05) is 12.1 Å². The number of halogens is 3. The van der Waals surface area contributed by atoms with Gasteiger partial charge in [0.2, 0.25) is 0 Å². The molecule has 0 spiro atoms. The molecular formula is C9H5F3N3NaS. The topological polar surface area (TPSA) is 48.2 Å². The van der Waals surface area contributed by atoms with Crippen LogP contribution in [-0.4, -0.2) is 5.17 Å². The van der Waals surface area contributed by atoms with E-state index < -0.39 is 11.7 Å². The summed E-state index contributed by atoms with van der Waals surface area (Å²) >= 11 is 4.55. The predicted octanol–water partition coefficient (Wildman–Crippen LogP) is -0.686. The van der Waals surface area contributed by atoms with Crippen LogP contribution in [0.15, 0.2) is 29.3 Å². The zero-order valence-corrected chi connectivity index (χ0v) is 11.6. The minimum Gasteiger partial charge on any atom is -0.742 e. The Bertz CT molecular complexity index is 454. The Morgan fingerprint density at radius 3 is 2.47 bits per heavy atom. The van der Waals surface area contributed by atoms with Gasteiger partial charge in [-0.05, 0) is 17.3 Å². The molecule has 0 aliphatic rings. The van der Waals surface area contributed by atoms with Crippen molar-refractivity contribution in [3.63, 3.8) is 0 Å². The van der Waals surface area contributed by atoms with Gasteiger partial charge in [0, 0.05) is 0 Å². The molecule has 3 nitrogen and oxygen atoms in total. The van der Waals surface area contributed by atoms with Gasteiger partial charge in [0.05, 0.1) is 11.3 Å². The maximum Gasteiger partial charge on any atom is 1.00 e. The van der Waals surface area contributed by atoms with E-state index in [2.05, 4.69) is 17.6 Å². The van der Waals surface area contributed by atoms with E-state index in [9.17, 15) is 13.2 Å². The fourth-order valence-electron chi connectivity index (χ4n) is 0.996. The zero-order chi connectivity index (χ0) is 12.2. The molecule has 0 saturated heterocycles. The van der Waals surface area contributed by atoms with Crippen molar-refractivity contribution >= 4 is 23.5 Å². The summed E-state index contributed by atoms with van der Waals surface area (Å²) in [7, 11) is 0. The van der Waals surface area contributed by atoms with E-state index in [4.69, 9.17) is 5.26 Å². The third-order valence-electron chi connectivity index (χ3n) is 1.59. The van der Waals surface area contributed by atoms with Crippen LogP contribution in [-0.2, 0) is 18.8 Å². The molecule has 0 bridgehead atoms. The Kier molecular flexibility index (Phi) is 6.49. The van der Waals surface area contributed by atoms with Crippen LogP contribution in [0.5, 0.6) is 0 Å². The molecule has 0 unspecified atom stereocenters. The van der Waals surface area contributed by atoms with Crippen LogP contribution in [0.2, 0.25) is 0 Å². The average Bonchev–Trinajstić information content (AvgIpc) is 2.17. The molecule has 0 aliphatic carbocycles. The number of nitrogens with one attached hydrogen (secondary N) is 1. The monoisotopic (exact) mass is 267 g/mol. The minimum atomic E-state index is -4.50. The largest absolute Gasteiger partial charge is 1.00 e.